The molecule has 1 aromatic heterocycles. The molecule has 9 aromatic rings. The molecular weight excluding hydrogens is 719 g/mol. The minimum absolute atomic E-state index is 0.164. The van der Waals surface area contributed by atoms with Crippen LogP contribution in [0.15, 0.2) is 210 Å². The number of benzene rings is 8. The Balaban J connectivity index is 1.02. The van der Waals surface area contributed by atoms with E-state index in [1.807, 2.05) is 0 Å². The van der Waals surface area contributed by atoms with Crippen molar-refractivity contribution in [1.29, 1.82) is 0 Å². The zero-order valence-corrected chi connectivity index (χ0v) is 32.7. The van der Waals surface area contributed by atoms with Crippen LogP contribution in [0.2, 0.25) is 0 Å². The van der Waals surface area contributed by atoms with E-state index in [2.05, 4.69) is 216 Å². The summed E-state index contributed by atoms with van der Waals surface area (Å²) in [5.41, 5.74) is 12.1. The minimum Gasteiger partial charge on any atom is -0.455 e. The second kappa shape index (κ2) is 15.0. The van der Waals surface area contributed by atoms with Crippen molar-refractivity contribution in [1.82, 2.24) is 10.6 Å². The first-order valence-electron chi connectivity index (χ1n) is 20.7. The zero-order valence-electron chi connectivity index (χ0n) is 32.7. The second-order valence-corrected chi connectivity index (χ2v) is 15.6. The highest BCUT2D eigenvalue weighted by molar-refractivity contribution is 6.11. The molecule has 0 fully saturated rings. The van der Waals surface area contributed by atoms with Crippen LogP contribution in [-0.2, 0) is 0 Å². The summed E-state index contributed by atoms with van der Waals surface area (Å²) < 4.78 is 6.85. The molecule has 8 aromatic carbocycles. The van der Waals surface area contributed by atoms with Crippen molar-refractivity contribution in [2.75, 3.05) is 4.90 Å². The number of anilines is 3. The van der Waals surface area contributed by atoms with Crippen molar-refractivity contribution in [2.45, 2.75) is 31.5 Å². The summed E-state index contributed by atoms with van der Waals surface area (Å²) in [6.07, 6.45) is 12.2. The standard InChI is InChI=1S/C55H43N3O/c1-3-15-40(16-4-1)50-33-34-51(41-17-5-2-6-18-41)57-55(56-50)49-32-31-47(54-53(49)48-21-11-12-22-52(48)59-54)39-25-27-44(28-26-39)58(45-29-23-37-13-7-9-19-42(37)35-45)46-30-24-38-14-8-10-20-43(38)36-46/h1,3-5,7-33,35-36,51,55-57H,2,6,34H2. The lowest BCUT2D eigenvalue weighted by Crippen LogP contribution is -2.39. The van der Waals surface area contributed by atoms with Crippen molar-refractivity contribution in [3.63, 3.8) is 0 Å². The molecule has 0 amide bonds. The third-order valence-corrected chi connectivity index (χ3v) is 12.0. The summed E-state index contributed by atoms with van der Waals surface area (Å²) in [5.74, 6) is 0. The molecule has 59 heavy (non-hydrogen) atoms. The highest BCUT2D eigenvalue weighted by Crippen LogP contribution is 2.43. The topological polar surface area (TPSA) is 40.4 Å². The van der Waals surface area contributed by atoms with E-state index in [0.717, 1.165) is 75.1 Å². The molecule has 0 saturated carbocycles. The van der Waals surface area contributed by atoms with Crippen molar-refractivity contribution < 1.29 is 4.42 Å². The van der Waals surface area contributed by atoms with Gasteiger partial charge in [0.25, 0.3) is 0 Å². The van der Waals surface area contributed by atoms with Crippen LogP contribution in [0.3, 0.4) is 0 Å². The minimum atomic E-state index is -0.164. The molecule has 0 spiro atoms. The summed E-state index contributed by atoms with van der Waals surface area (Å²) in [6, 6.07) is 63.4. The Kier molecular flexibility index (Phi) is 8.90. The summed E-state index contributed by atoms with van der Waals surface area (Å²) in [5, 5.41) is 15.1. The molecule has 1 aliphatic heterocycles. The van der Waals surface area contributed by atoms with Crippen LogP contribution >= 0.6 is 0 Å². The molecule has 2 unspecified atom stereocenters. The summed E-state index contributed by atoms with van der Waals surface area (Å²) >= 11 is 0. The number of hydrogen-bond acceptors (Lipinski definition) is 4. The van der Waals surface area contributed by atoms with E-state index in [-0.39, 0.29) is 12.2 Å². The van der Waals surface area contributed by atoms with Gasteiger partial charge in [-0.3, -0.25) is 5.32 Å². The lowest BCUT2D eigenvalue weighted by molar-refractivity contribution is 0.461. The van der Waals surface area contributed by atoms with Crippen LogP contribution < -0.4 is 15.5 Å². The molecule has 0 saturated heterocycles. The Hall–Kier alpha value is -7.14. The monoisotopic (exact) mass is 761 g/mol. The Labute approximate surface area is 344 Å². The maximum absolute atomic E-state index is 6.85. The first-order chi connectivity index (χ1) is 29.2. The Morgan fingerprint density at radius 2 is 1.20 bits per heavy atom. The number of hydrogen-bond donors (Lipinski definition) is 2. The van der Waals surface area contributed by atoms with Crippen molar-refractivity contribution >= 4 is 66.2 Å². The third kappa shape index (κ3) is 6.58. The van der Waals surface area contributed by atoms with Gasteiger partial charge in [-0.25, -0.2) is 0 Å². The summed E-state index contributed by atoms with van der Waals surface area (Å²) in [7, 11) is 0. The molecule has 1 aliphatic carbocycles. The number of allylic oxidation sites excluding steroid dienone is 2. The highest BCUT2D eigenvalue weighted by Gasteiger charge is 2.27. The predicted octanol–water partition coefficient (Wildman–Crippen LogP) is 14.3. The Morgan fingerprint density at radius 1 is 0.542 bits per heavy atom. The van der Waals surface area contributed by atoms with Crippen LogP contribution in [0, 0.1) is 0 Å². The molecule has 0 bridgehead atoms. The summed E-state index contributed by atoms with van der Waals surface area (Å²) in [4.78, 5) is 2.36. The van der Waals surface area contributed by atoms with Crippen molar-refractivity contribution in [3.8, 4) is 11.1 Å². The SMILES string of the molecule is C1=CC(C2CC=C(c3ccccc3)NC(c3ccc(-c4ccc(N(c5ccc6ccccc6c5)c5ccc6ccccc6c5)cc4)c4oc5ccccc5c34)N2)=CCC1. The van der Waals surface area contributed by atoms with E-state index < -0.39 is 0 Å². The van der Waals surface area contributed by atoms with Gasteiger partial charge in [-0.15, -0.1) is 0 Å². The first-order valence-corrected chi connectivity index (χ1v) is 20.7. The fourth-order valence-corrected chi connectivity index (χ4v) is 9.06. The number of para-hydroxylation sites is 1. The molecule has 4 nitrogen and oxygen atoms in total. The maximum Gasteiger partial charge on any atom is 0.143 e. The third-order valence-electron chi connectivity index (χ3n) is 12.0. The molecule has 2 N–H and O–H groups in total. The average Bonchev–Trinajstić information content (AvgIpc) is 3.55. The van der Waals surface area contributed by atoms with Gasteiger partial charge in [-0.1, -0.05) is 158 Å². The van der Waals surface area contributed by atoms with E-state index in [0.29, 0.717) is 0 Å². The number of nitrogens with one attached hydrogen (secondary N) is 2. The fraction of sp³-hybridized carbons (Fsp3) is 0.0909. The highest BCUT2D eigenvalue weighted by atomic mass is 16.3. The number of furan rings is 1. The Bertz CT molecular complexity index is 3020. The van der Waals surface area contributed by atoms with Crippen LogP contribution in [0.4, 0.5) is 17.1 Å². The smallest absolute Gasteiger partial charge is 0.143 e. The van der Waals surface area contributed by atoms with E-state index in [9.17, 15) is 0 Å². The normalized spacial score (nSPS) is 16.8. The number of nitrogens with zero attached hydrogens (tertiary/aromatic N) is 1. The van der Waals surface area contributed by atoms with Crippen LogP contribution in [-0.4, -0.2) is 6.04 Å². The molecule has 2 aliphatic rings. The van der Waals surface area contributed by atoms with Gasteiger partial charge in [-0.2, -0.15) is 0 Å². The summed E-state index contributed by atoms with van der Waals surface area (Å²) in [6.45, 7) is 0. The first kappa shape index (κ1) is 35.1. The zero-order chi connectivity index (χ0) is 39.1. The lowest BCUT2D eigenvalue weighted by Gasteiger charge is -2.27. The van der Waals surface area contributed by atoms with Gasteiger partial charge in [0.15, 0.2) is 0 Å². The lowest BCUT2D eigenvalue weighted by atomic mass is 9.95. The number of fused-ring (bicyclic) bond motifs is 5. The van der Waals surface area contributed by atoms with Crippen LogP contribution in [0.1, 0.15) is 36.6 Å². The van der Waals surface area contributed by atoms with Crippen LogP contribution in [0.5, 0.6) is 0 Å². The van der Waals surface area contributed by atoms with Gasteiger partial charge in [0.2, 0.25) is 0 Å². The molecule has 2 atom stereocenters. The Morgan fingerprint density at radius 3 is 1.92 bits per heavy atom. The van der Waals surface area contributed by atoms with Gasteiger partial charge in [0, 0.05) is 50.7 Å². The van der Waals surface area contributed by atoms with Crippen LogP contribution in [0.25, 0.3) is 60.3 Å². The fourth-order valence-electron chi connectivity index (χ4n) is 9.06. The van der Waals surface area contributed by atoms with Gasteiger partial charge < -0.3 is 14.6 Å². The van der Waals surface area contributed by atoms with Gasteiger partial charge in [0.1, 0.15) is 17.3 Å². The van der Waals surface area contributed by atoms with Gasteiger partial charge in [0.05, 0.1) is 0 Å². The van der Waals surface area contributed by atoms with Crippen molar-refractivity contribution in [2.24, 2.45) is 0 Å². The molecule has 11 rings (SSSR count). The average molecular weight is 762 g/mol. The van der Waals surface area contributed by atoms with Gasteiger partial charge in [-0.05, 0) is 100.0 Å². The van der Waals surface area contributed by atoms with E-state index in [1.165, 1.54) is 38.2 Å². The predicted molar refractivity (Wildman–Crippen MR) is 247 cm³/mol. The second-order valence-electron chi connectivity index (χ2n) is 15.6. The van der Waals surface area contributed by atoms with E-state index in [4.69, 9.17) is 4.42 Å². The van der Waals surface area contributed by atoms with Crippen molar-refractivity contribution in [3.05, 3.63) is 217 Å². The largest absolute Gasteiger partial charge is 0.455 e. The maximum atomic E-state index is 6.85. The molecule has 2 heterocycles. The van der Waals surface area contributed by atoms with E-state index >= 15 is 0 Å². The molecular formula is C55H43N3O. The molecule has 4 heteroatoms. The number of rotatable bonds is 7. The molecule has 284 valence electrons. The quantitative estimate of drug-likeness (QED) is 0.170. The van der Waals surface area contributed by atoms with E-state index in [1.54, 1.807) is 0 Å². The van der Waals surface area contributed by atoms with Gasteiger partial charge >= 0.3 is 0 Å². The molecule has 0 radical (unpaired) electrons.